The zero-order valence-electron chi connectivity index (χ0n) is 10.3. The molecular formula is C14H6F2NO3S-. The van der Waals surface area contributed by atoms with Gasteiger partial charge in [0.2, 0.25) is 0 Å². The predicted octanol–water partition coefficient (Wildman–Crippen LogP) is 1.69. The van der Waals surface area contributed by atoms with E-state index in [0.29, 0.717) is 11.1 Å². The van der Waals surface area contributed by atoms with Gasteiger partial charge in [-0.2, -0.15) is 0 Å². The SMILES string of the molecule is O=C([O-])c1cn(-c2cccs2)c2cc(F)c(F)cc2c1=O. The number of fused-ring (bicyclic) bond motifs is 1. The molecule has 0 fully saturated rings. The lowest BCUT2D eigenvalue weighted by atomic mass is 10.1. The summed E-state index contributed by atoms with van der Waals surface area (Å²) in [5, 5.41) is 13.1. The van der Waals surface area contributed by atoms with E-state index in [1.807, 2.05) is 0 Å². The van der Waals surface area contributed by atoms with Crippen molar-refractivity contribution in [3.8, 4) is 5.00 Å². The van der Waals surface area contributed by atoms with Crippen LogP contribution in [-0.2, 0) is 0 Å². The summed E-state index contributed by atoms with van der Waals surface area (Å²) >= 11 is 1.26. The summed E-state index contributed by atoms with van der Waals surface area (Å²) in [6.45, 7) is 0. The fourth-order valence-corrected chi connectivity index (χ4v) is 2.77. The highest BCUT2D eigenvalue weighted by atomic mass is 32.1. The number of thiophene rings is 1. The van der Waals surface area contributed by atoms with Crippen LogP contribution in [0, 0.1) is 11.6 Å². The van der Waals surface area contributed by atoms with E-state index in [1.54, 1.807) is 17.5 Å². The first-order valence-electron chi connectivity index (χ1n) is 5.78. The summed E-state index contributed by atoms with van der Waals surface area (Å²) in [6.07, 6.45) is 1.06. The normalized spacial score (nSPS) is 11.0. The van der Waals surface area contributed by atoms with Crippen LogP contribution in [-0.4, -0.2) is 10.5 Å². The van der Waals surface area contributed by atoms with E-state index >= 15 is 0 Å². The number of nitrogens with zero attached hydrogens (tertiary/aromatic N) is 1. The van der Waals surface area contributed by atoms with Gasteiger partial charge in [-0.25, -0.2) is 8.78 Å². The van der Waals surface area contributed by atoms with Crippen LogP contribution in [0.2, 0.25) is 0 Å². The van der Waals surface area contributed by atoms with Gasteiger partial charge in [0.15, 0.2) is 17.1 Å². The summed E-state index contributed by atoms with van der Waals surface area (Å²) in [5.41, 5.74) is -1.43. The Balaban J connectivity index is 2.51. The lowest BCUT2D eigenvalue weighted by molar-refractivity contribution is -0.255. The van der Waals surface area contributed by atoms with E-state index in [9.17, 15) is 23.5 Å². The van der Waals surface area contributed by atoms with E-state index in [2.05, 4.69) is 0 Å². The van der Waals surface area contributed by atoms with Gasteiger partial charge in [0.05, 0.1) is 22.1 Å². The zero-order valence-corrected chi connectivity index (χ0v) is 11.1. The third-order valence-corrected chi connectivity index (χ3v) is 3.88. The summed E-state index contributed by atoms with van der Waals surface area (Å²) in [5.74, 6) is -4.00. The molecule has 0 amide bonds. The molecule has 3 rings (SSSR count). The second-order valence-corrected chi connectivity index (χ2v) is 5.19. The third kappa shape index (κ3) is 2.11. The number of hydrogen-bond acceptors (Lipinski definition) is 4. The first kappa shape index (κ1) is 13.4. The zero-order chi connectivity index (χ0) is 15.1. The molecule has 0 atom stereocenters. The molecule has 0 aliphatic rings. The van der Waals surface area contributed by atoms with E-state index < -0.39 is 28.6 Å². The van der Waals surface area contributed by atoms with E-state index in [1.165, 1.54) is 15.9 Å². The number of halogens is 2. The molecule has 0 spiro atoms. The van der Waals surface area contributed by atoms with Gasteiger partial charge in [0, 0.05) is 17.6 Å². The number of carboxylic acid groups (broad SMARTS) is 1. The maximum absolute atomic E-state index is 13.4. The molecule has 21 heavy (non-hydrogen) atoms. The minimum absolute atomic E-state index is 0.0892. The lowest BCUT2D eigenvalue weighted by Gasteiger charge is -2.12. The molecule has 0 saturated carbocycles. The van der Waals surface area contributed by atoms with Crippen LogP contribution < -0.4 is 10.5 Å². The minimum atomic E-state index is -1.67. The molecule has 2 heterocycles. The molecule has 0 aliphatic carbocycles. The molecular weight excluding hydrogens is 300 g/mol. The van der Waals surface area contributed by atoms with E-state index in [0.717, 1.165) is 12.3 Å². The monoisotopic (exact) mass is 306 g/mol. The average molecular weight is 306 g/mol. The largest absolute Gasteiger partial charge is 0.545 e. The van der Waals surface area contributed by atoms with Crippen molar-refractivity contribution in [3.63, 3.8) is 0 Å². The van der Waals surface area contributed by atoms with Crippen LogP contribution in [0.25, 0.3) is 15.9 Å². The molecule has 7 heteroatoms. The Kier molecular flexibility index (Phi) is 3.06. The highest BCUT2D eigenvalue weighted by Gasteiger charge is 2.15. The van der Waals surface area contributed by atoms with Gasteiger partial charge in [-0.05, 0) is 23.6 Å². The number of rotatable bonds is 2. The lowest BCUT2D eigenvalue weighted by Crippen LogP contribution is -2.30. The van der Waals surface area contributed by atoms with Gasteiger partial charge in [0.1, 0.15) is 0 Å². The van der Waals surface area contributed by atoms with Crippen LogP contribution >= 0.6 is 11.3 Å². The molecule has 0 radical (unpaired) electrons. The van der Waals surface area contributed by atoms with Crippen LogP contribution in [0.4, 0.5) is 8.78 Å². The molecule has 0 unspecified atom stereocenters. The number of hydrogen-bond donors (Lipinski definition) is 0. The molecule has 4 nitrogen and oxygen atoms in total. The Morgan fingerprint density at radius 2 is 1.95 bits per heavy atom. The van der Waals surface area contributed by atoms with Gasteiger partial charge in [0.25, 0.3) is 0 Å². The fourth-order valence-electron chi connectivity index (χ4n) is 2.05. The number of carboxylic acids is 1. The van der Waals surface area contributed by atoms with Crippen molar-refractivity contribution in [2.75, 3.05) is 0 Å². The maximum Gasteiger partial charge on any atom is 0.198 e. The Bertz CT molecular complexity index is 916. The quantitative estimate of drug-likeness (QED) is 0.724. The molecule has 2 aromatic heterocycles. The molecule has 1 aromatic carbocycles. The number of carbonyl (C=O) groups is 1. The number of aromatic nitrogens is 1. The van der Waals surface area contributed by atoms with Gasteiger partial charge >= 0.3 is 0 Å². The standard InChI is InChI=1S/C14H7F2NO3S/c15-9-4-7-11(5-10(9)16)17(12-2-1-3-21-12)6-8(13(7)18)14(19)20/h1-6H,(H,19,20)/p-1. The first-order valence-corrected chi connectivity index (χ1v) is 6.66. The fraction of sp³-hybridized carbons (Fsp3) is 0. The van der Waals surface area contributed by atoms with Gasteiger partial charge < -0.3 is 14.5 Å². The van der Waals surface area contributed by atoms with E-state index in [4.69, 9.17) is 0 Å². The summed E-state index contributed by atoms with van der Waals surface area (Å²) in [7, 11) is 0. The summed E-state index contributed by atoms with van der Waals surface area (Å²) < 4.78 is 28.1. The Morgan fingerprint density at radius 3 is 2.57 bits per heavy atom. The van der Waals surface area contributed by atoms with E-state index in [-0.39, 0.29) is 10.9 Å². The summed E-state index contributed by atoms with van der Waals surface area (Å²) in [4.78, 5) is 23.1. The third-order valence-electron chi connectivity index (χ3n) is 3.01. The smallest absolute Gasteiger partial charge is 0.198 e. The van der Waals surface area contributed by atoms with Crippen molar-refractivity contribution in [1.29, 1.82) is 0 Å². The van der Waals surface area contributed by atoms with Crippen LogP contribution in [0.3, 0.4) is 0 Å². The average Bonchev–Trinajstić information content (AvgIpc) is 2.95. The molecule has 0 bridgehead atoms. The van der Waals surface area contributed by atoms with Gasteiger partial charge in [-0.1, -0.05) is 0 Å². The number of benzene rings is 1. The number of pyridine rings is 1. The predicted molar refractivity (Wildman–Crippen MR) is 71.7 cm³/mol. The number of carbonyl (C=O) groups excluding carboxylic acids is 1. The molecule has 0 aliphatic heterocycles. The second kappa shape index (κ2) is 4.78. The number of aromatic carboxylic acids is 1. The van der Waals surface area contributed by atoms with Crippen molar-refractivity contribution in [1.82, 2.24) is 4.57 Å². The molecule has 0 N–H and O–H groups in total. The van der Waals surface area contributed by atoms with Crippen LogP contribution in [0.1, 0.15) is 10.4 Å². The van der Waals surface area contributed by atoms with Crippen LogP contribution in [0.15, 0.2) is 40.6 Å². The van der Waals surface area contributed by atoms with Crippen molar-refractivity contribution in [3.05, 3.63) is 63.3 Å². The van der Waals surface area contributed by atoms with Crippen molar-refractivity contribution < 1.29 is 18.7 Å². The van der Waals surface area contributed by atoms with Gasteiger partial charge in [-0.15, -0.1) is 11.3 Å². The minimum Gasteiger partial charge on any atom is -0.545 e. The van der Waals surface area contributed by atoms with Crippen LogP contribution in [0.5, 0.6) is 0 Å². The van der Waals surface area contributed by atoms with Crippen molar-refractivity contribution >= 4 is 28.2 Å². The molecule has 106 valence electrons. The van der Waals surface area contributed by atoms with Crippen molar-refractivity contribution in [2.24, 2.45) is 0 Å². The Labute approximate surface area is 120 Å². The van der Waals surface area contributed by atoms with Crippen molar-refractivity contribution in [2.45, 2.75) is 0 Å². The highest BCUT2D eigenvalue weighted by molar-refractivity contribution is 7.12. The Morgan fingerprint density at radius 1 is 1.24 bits per heavy atom. The topological polar surface area (TPSA) is 62.1 Å². The van der Waals surface area contributed by atoms with Gasteiger partial charge in [-0.3, -0.25) is 4.79 Å². The summed E-state index contributed by atoms with van der Waals surface area (Å²) in [6, 6.07) is 4.94. The first-order chi connectivity index (χ1) is 9.99. The molecule has 3 aromatic rings. The molecule has 0 saturated heterocycles. The second-order valence-electron chi connectivity index (χ2n) is 4.26. The highest BCUT2D eigenvalue weighted by Crippen LogP contribution is 2.23. The maximum atomic E-state index is 13.4. The Hall–Kier alpha value is -2.54.